The molecule has 1 amide bonds. The van der Waals surface area contributed by atoms with Crippen LogP contribution in [0.15, 0.2) is 84.4 Å². The van der Waals surface area contributed by atoms with Crippen molar-refractivity contribution in [3.8, 4) is 16.3 Å². The molecule has 150 valence electrons. The number of thioether (sulfide) groups is 1. The summed E-state index contributed by atoms with van der Waals surface area (Å²) in [5, 5.41) is 6.97. The van der Waals surface area contributed by atoms with Crippen LogP contribution in [-0.2, 0) is 11.2 Å². The predicted octanol–water partition coefficient (Wildman–Crippen LogP) is 5.42. The highest BCUT2D eigenvalue weighted by molar-refractivity contribution is 8.00. The van der Waals surface area contributed by atoms with Crippen molar-refractivity contribution in [3.05, 3.63) is 95.5 Å². The SMILES string of the molecule is O=C1CS[C@H](c2cn(-c3ccccc3)nc2-c2cccs2)N1CCc1ccccc1. The molecule has 6 heteroatoms. The summed E-state index contributed by atoms with van der Waals surface area (Å²) in [6, 6.07) is 24.6. The molecule has 1 aliphatic rings. The quantitative estimate of drug-likeness (QED) is 0.409. The Morgan fingerprint density at radius 1 is 0.967 bits per heavy atom. The van der Waals surface area contributed by atoms with Crippen molar-refractivity contribution in [1.82, 2.24) is 14.7 Å². The van der Waals surface area contributed by atoms with Gasteiger partial charge in [-0.05, 0) is 35.6 Å². The largest absolute Gasteiger partial charge is 0.325 e. The molecule has 0 radical (unpaired) electrons. The van der Waals surface area contributed by atoms with Gasteiger partial charge in [0, 0.05) is 18.3 Å². The van der Waals surface area contributed by atoms with Gasteiger partial charge >= 0.3 is 0 Å². The second-order valence-corrected chi connectivity index (χ2v) is 9.19. The number of aromatic nitrogens is 2. The highest BCUT2D eigenvalue weighted by atomic mass is 32.2. The molecule has 4 aromatic rings. The maximum Gasteiger partial charge on any atom is 0.233 e. The standard InChI is InChI=1S/C24H21N3OS2/c28-22-17-30-24(26(22)14-13-18-8-3-1-4-9-18)20-16-27(19-10-5-2-6-11-19)25-23(20)21-12-7-15-29-21/h1-12,15-16,24H,13-14,17H2/t24-/m1/s1. The molecule has 30 heavy (non-hydrogen) atoms. The number of carbonyl (C=O) groups is 1. The van der Waals surface area contributed by atoms with Gasteiger partial charge in [0.05, 0.1) is 16.3 Å². The van der Waals surface area contributed by atoms with Gasteiger partial charge in [-0.2, -0.15) is 5.10 Å². The number of thiophene rings is 1. The van der Waals surface area contributed by atoms with Crippen molar-refractivity contribution in [2.45, 2.75) is 11.8 Å². The number of hydrogen-bond donors (Lipinski definition) is 0. The summed E-state index contributed by atoms with van der Waals surface area (Å²) in [5.41, 5.74) is 4.34. The van der Waals surface area contributed by atoms with Gasteiger partial charge in [0.25, 0.3) is 0 Å². The monoisotopic (exact) mass is 431 g/mol. The van der Waals surface area contributed by atoms with E-state index in [4.69, 9.17) is 5.10 Å². The van der Waals surface area contributed by atoms with Crippen molar-refractivity contribution in [3.63, 3.8) is 0 Å². The van der Waals surface area contributed by atoms with Crippen LogP contribution >= 0.6 is 23.1 Å². The smallest absolute Gasteiger partial charge is 0.233 e. The van der Waals surface area contributed by atoms with Crippen molar-refractivity contribution in [2.75, 3.05) is 12.3 Å². The number of benzene rings is 2. The zero-order valence-corrected chi connectivity index (χ0v) is 18.0. The predicted molar refractivity (Wildman–Crippen MR) is 124 cm³/mol. The molecule has 1 atom stereocenters. The van der Waals surface area contributed by atoms with Crippen LogP contribution in [0.2, 0.25) is 0 Å². The Balaban J connectivity index is 1.49. The molecule has 2 aromatic heterocycles. The number of carbonyl (C=O) groups excluding carboxylic acids is 1. The fraction of sp³-hybridized carbons (Fsp3) is 0.167. The van der Waals surface area contributed by atoms with E-state index in [2.05, 4.69) is 41.9 Å². The second-order valence-electron chi connectivity index (χ2n) is 7.18. The Bertz CT molecular complexity index is 1120. The van der Waals surface area contributed by atoms with Crippen LogP contribution in [0.1, 0.15) is 16.5 Å². The van der Waals surface area contributed by atoms with Gasteiger partial charge < -0.3 is 4.90 Å². The molecule has 0 spiro atoms. The molecule has 1 saturated heterocycles. The van der Waals surface area contributed by atoms with E-state index in [1.54, 1.807) is 23.1 Å². The van der Waals surface area contributed by atoms with Gasteiger partial charge in [-0.1, -0.05) is 54.6 Å². The lowest BCUT2D eigenvalue weighted by molar-refractivity contribution is -0.128. The molecule has 3 heterocycles. The third kappa shape index (κ3) is 3.80. The molecular formula is C24H21N3OS2. The number of rotatable bonds is 6. The molecular weight excluding hydrogens is 410 g/mol. The van der Waals surface area contributed by atoms with E-state index in [9.17, 15) is 4.79 Å². The first-order valence-electron chi connectivity index (χ1n) is 9.93. The number of hydrogen-bond acceptors (Lipinski definition) is 4. The summed E-state index contributed by atoms with van der Waals surface area (Å²) < 4.78 is 1.93. The van der Waals surface area contributed by atoms with Gasteiger partial charge in [0.15, 0.2) is 0 Å². The number of nitrogens with zero attached hydrogens (tertiary/aromatic N) is 3. The molecule has 5 rings (SSSR count). The number of amides is 1. The topological polar surface area (TPSA) is 38.1 Å². The molecule has 4 nitrogen and oxygen atoms in total. The normalized spacial score (nSPS) is 16.3. The van der Waals surface area contributed by atoms with Crippen LogP contribution in [0.5, 0.6) is 0 Å². The minimum absolute atomic E-state index is 0.0178. The Morgan fingerprint density at radius 3 is 2.47 bits per heavy atom. The van der Waals surface area contributed by atoms with Crippen molar-refractivity contribution in [1.29, 1.82) is 0 Å². The van der Waals surface area contributed by atoms with Crippen LogP contribution in [0.25, 0.3) is 16.3 Å². The van der Waals surface area contributed by atoms with E-state index in [-0.39, 0.29) is 11.3 Å². The summed E-state index contributed by atoms with van der Waals surface area (Å²) in [4.78, 5) is 15.9. The lowest BCUT2D eigenvalue weighted by Gasteiger charge is -2.24. The van der Waals surface area contributed by atoms with Crippen LogP contribution in [0.4, 0.5) is 0 Å². The fourth-order valence-corrected chi connectivity index (χ4v) is 5.69. The molecule has 0 aliphatic carbocycles. The van der Waals surface area contributed by atoms with Gasteiger partial charge in [0.2, 0.25) is 5.91 Å². The van der Waals surface area contributed by atoms with E-state index in [0.717, 1.165) is 28.2 Å². The maximum atomic E-state index is 12.7. The van der Waals surface area contributed by atoms with Crippen molar-refractivity contribution in [2.24, 2.45) is 0 Å². The van der Waals surface area contributed by atoms with Crippen LogP contribution < -0.4 is 0 Å². The summed E-state index contributed by atoms with van der Waals surface area (Å²) in [6.07, 6.45) is 2.95. The lowest BCUT2D eigenvalue weighted by atomic mass is 10.1. The number of para-hydroxylation sites is 1. The van der Waals surface area contributed by atoms with E-state index < -0.39 is 0 Å². The van der Waals surface area contributed by atoms with Gasteiger partial charge in [-0.3, -0.25) is 4.79 Å². The Hall–Kier alpha value is -2.83. The third-order valence-electron chi connectivity index (χ3n) is 5.24. The first kappa shape index (κ1) is 19.2. The molecule has 2 aromatic carbocycles. The second kappa shape index (κ2) is 8.50. The van der Waals surface area contributed by atoms with Crippen molar-refractivity contribution < 1.29 is 4.79 Å². The molecule has 0 N–H and O–H groups in total. The summed E-state index contributed by atoms with van der Waals surface area (Å²) in [7, 11) is 0. The van der Waals surface area contributed by atoms with E-state index in [0.29, 0.717) is 12.3 Å². The lowest BCUT2D eigenvalue weighted by Crippen LogP contribution is -2.30. The third-order valence-corrected chi connectivity index (χ3v) is 7.35. The average Bonchev–Trinajstić information content (AvgIpc) is 3.53. The van der Waals surface area contributed by atoms with Crippen LogP contribution in [-0.4, -0.2) is 32.9 Å². The van der Waals surface area contributed by atoms with Gasteiger partial charge in [-0.25, -0.2) is 4.68 Å². The van der Waals surface area contributed by atoms with Gasteiger partial charge in [0.1, 0.15) is 11.1 Å². The van der Waals surface area contributed by atoms with Gasteiger partial charge in [-0.15, -0.1) is 23.1 Å². The Labute approximate surface area is 184 Å². The Morgan fingerprint density at radius 2 is 1.73 bits per heavy atom. The van der Waals surface area contributed by atoms with Crippen molar-refractivity contribution >= 4 is 29.0 Å². The first-order valence-corrected chi connectivity index (χ1v) is 11.9. The van der Waals surface area contributed by atoms with E-state index in [1.165, 1.54) is 5.56 Å². The maximum absolute atomic E-state index is 12.7. The summed E-state index contributed by atoms with van der Waals surface area (Å²) >= 11 is 3.38. The molecule has 0 unspecified atom stereocenters. The highest BCUT2D eigenvalue weighted by Crippen LogP contribution is 2.43. The zero-order valence-electron chi connectivity index (χ0n) is 16.3. The molecule has 0 saturated carbocycles. The first-order chi connectivity index (χ1) is 14.8. The van der Waals surface area contributed by atoms with E-state index in [1.807, 2.05) is 52.0 Å². The molecule has 1 fully saturated rings. The minimum Gasteiger partial charge on any atom is -0.325 e. The van der Waals surface area contributed by atoms with E-state index >= 15 is 0 Å². The molecule has 1 aliphatic heterocycles. The van der Waals surface area contributed by atoms with Crippen LogP contribution in [0.3, 0.4) is 0 Å². The Kier molecular flexibility index (Phi) is 5.43. The fourth-order valence-electron chi connectivity index (χ4n) is 3.73. The highest BCUT2D eigenvalue weighted by Gasteiger charge is 2.35. The zero-order chi connectivity index (χ0) is 20.3. The molecule has 0 bridgehead atoms. The minimum atomic E-state index is -0.0178. The van der Waals surface area contributed by atoms with Crippen LogP contribution in [0, 0.1) is 0 Å². The summed E-state index contributed by atoms with van der Waals surface area (Å²) in [5.74, 6) is 0.713. The summed E-state index contributed by atoms with van der Waals surface area (Å²) in [6.45, 7) is 0.709. The average molecular weight is 432 g/mol.